The molecule has 0 aromatic carbocycles. The number of esters is 1. The second kappa shape index (κ2) is 6.56. The number of fused-ring (bicyclic) bond motifs is 7. The van der Waals surface area contributed by atoms with Gasteiger partial charge in [0.25, 0.3) is 0 Å². The molecular formula is C30H46O5. The Labute approximate surface area is 210 Å². The van der Waals surface area contributed by atoms with Gasteiger partial charge in [0.2, 0.25) is 0 Å². The van der Waals surface area contributed by atoms with Crippen molar-refractivity contribution >= 4 is 5.97 Å². The molecule has 5 heteroatoms. The van der Waals surface area contributed by atoms with E-state index in [0.29, 0.717) is 37.5 Å². The standard InChI is InChI=1S/C30H46O5/c1-24(2)18-8-11-26(4)19(25(18,3)10-9-20(24)32)16-17(31)21-22-29(7,34)28(6)13-15-30(22,23(33)35-28)14-12-27(21,26)5/h17-20,31-32,34H,8-16H2,1-7H3/t17-,18?,19?,20+,25+,26-,27-,28+,29+,30-/m1/s1. The van der Waals surface area contributed by atoms with Crippen LogP contribution < -0.4 is 0 Å². The summed E-state index contributed by atoms with van der Waals surface area (Å²) in [6.07, 6.45) is 6.53. The number of carbonyl (C=O) groups excluding carboxylic acids is 1. The maximum absolute atomic E-state index is 13.4. The van der Waals surface area contributed by atoms with Crippen LogP contribution in [0.2, 0.25) is 0 Å². The van der Waals surface area contributed by atoms with Gasteiger partial charge in [-0.05, 0) is 116 Å². The molecule has 3 N–H and O–H groups in total. The Kier molecular flexibility index (Phi) is 4.58. The number of hydrogen-bond acceptors (Lipinski definition) is 5. The molecule has 196 valence electrons. The van der Waals surface area contributed by atoms with Crippen molar-refractivity contribution in [3.63, 3.8) is 0 Å². The number of ether oxygens (including phenoxy) is 1. The lowest BCUT2D eigenvalue weighted by Gasteiger charge is -2.72. The van der Waals surface area contributed by atoms with Crippen molar-refractivity contribution in [3.05, 3.63) is 11.1 Å². The molecule has 4 saturated carbocycles. The zero-order valence-corrected chi connectivity index (χ0v) is 22.8. The lowest BCUT2D eigenvalue weighted by Crippen LogP contribution is -2.72. The molecule has 0 amide bonds. The first-order chi connectivity index (χ1) is 16.0. The smallest absolute Gasteiger partial charge is 0.317 e. The molecule has 0 aromatic heterocycles. The maximum atomic E-state index is 13.4. The van der Waals surface area contributed by atoms with Gasteiger partial charge in [0.15, 0.2) is 0 Å². The molecule has 6 fully saturated rings. The average Bonchev–Trinajstić information content (AvgIpc) is 2.75. The molecule has 7 rings (SSSR count). The summed E-state index contributed by atoms with van der Waals surface area (Å²) in [6.45, 7) is 15.4. The quantitative estimate of drug-likeness (QED) is 0.334. The fraction of sp³-hybridized carbons (Fsp3) is 0.900. The van der Waals surface area contributed by atoms with Crippen LogP contribution in [0.3, 0.4) is 0 Å². The van der Waals surface area contributed by atoms with E-state index in [9.17, 15) is 20.1 Å². The van der Waals surface area contributed by atoms with Crippen LogP contribution in [-0.2, 0) is 9.53 Å². The maximum Gasteiger partial charge on any atom is 0.317 e. The van der Waals surface area contributed by atoms with Gasteiger partial charge in [-0.25, -0.2) is 0 Å². The Morgan fingerprint density at radius 3 is 2.14 bits per heavy atom. The minimum Gasteiger partial charge on any atom is -0.455 e. The van der Waals surface area contributed by atoms with Crippen LogP contribution in [0.25, 0.3) is 0 Å². The average molecular weight is 487 g/mol. The Balaban J connectivity index is 1.54. The molecule has 35 heavy (non-hydrogen) atoms. The van der Waals surface area contributed by atoms with E-state index in [1.54, 1.807) is 0 Å². The van der Waals surface area contributed by atoms with Gasteiger partial charge < -0.3 is 20.1 Å². The molecule has 2 saturated heterocycles. The van der Waals surface area contributed by atoms with Crippen LogP contribution in [0.1, 0.15) is 106 Å². The van der Waals surface area contributed by atoms with Crippen LogP contribution in [0.5, 0.6) is 0 Å². The fourth-order valence-corrected chi connectivity index (χ4v) is 11.2. The summed E-state index contributed by atoms with van der Waals surface area (Å²) in [6, 6.07) is 0. The summed E-state index contributed by atoms with van der Waals surface area (Å²) < 4.78 is 5.92. The lowest BCUT2D eigenvalue weighted by atomic mass is 9.33. The number of carbonyl (C=O) groups is 1. The van der Waals surface area contributed by atoms with Crippen LogP contribution in [0, 0.1) is 38.9 Å². The number of aliphatic hydroxyl groups is 3. The number of rotatable bonds is 0. The molecule has 0 aromatic rings. The predicted molar refractivity (Wildman–Crippen MR) is 133 cm³/mol. The Morgan fingerprint density at radius 2 is 1.49 bits per heavy atom. The zero-order chi connectivity index (χ0) is 25.6. The molecule has 5 aliphatic carbocycles. The van der Waals surface area contributed by atoms with E-state index in [1.807, 2.05) is 13.8 Å². The third-order valence-corrected chi connectivity index (χ3v) is 13.7. The topological polar surface area (TPSA) is 87.0 Å². The van der Waals surface area contributed by atoms with Crippen LogP contribution in [0.4, 0.5) is 0 Å². The summed E-state index contributed by atoms with van der Waals surface area (Å²) in [4.78, 5) is 13.4. The number of aliphatic hydroxyl groups excluding tert-OH is 2. The molecule has 7 aliphatic rings. The predicted octanol–water partition coefficient (Wildman–Crippen LogP) is 4.91. The first-order valence-electron chi connectivity index (χ1n) is 14.1. The summed E-state index contributed by atoms with van der Waals surface area (Å²) in [5.41, 5.74) is -1.67. The van der Waals surface area contributed by atoms with Gasteiger partial charge in [-0.1, -0.05) is 34.6 Å². The first-order valence-corrected chi connectivity index (χ1v) is 14.1. The summed E-state index contributed by atoms with van der Waals surface area (Å²) in [5.74, 6) is 0.548. The largest absolute Gasteiger partial charge is 0.455 e. The third kappa shape index (κ3) is 2.46. The van der Waals surface area contributed by atoms with Crippen molar-refractivity contribution in [1.82, 2.24) is 0 Å². The van der Waals surface area contributed by atoms with E-state index < -0.39 is 22.7 Å². The van der Waals surface area contributed by atoms with E-state index in [4.69, 9.17) is 4.74 Å². The minimum atomic E-state index is -1.28. The highest BCUT2D eigenvalue weighted by Crippen LogP contribution is 2.76. The highest BCUT2D eigenvalue weighted by Gasteiger charge is 2.75. The Hall–Kier alpha value is -0.910. The summed E-state index contributed by atoms with van der Waals surface area (Å²) in [5, 5.41) is 35.0. The van der Waals surface area contributed by atoms with Gasteiger partial charge in [0.1, 0.15) is 11.2 Å². The second-order valence-electron chi connectivity index (χ2n) is 15.1. The molecular weight excluding hydrogens is 440 g/mol. The monoisotopic (exact) mass is 486 g/mol. The van der Waals surface area contributed by atoms with Crippen molar-refractivity contribution in [2.75, 3.05) is 0 Å². The molecule has 10 atom stereocenters. The first kappa shape index (κ1) is 24.4. The van der Waals surface area contributed by atoms with Crippen LogP contribution in [-0.4, -0.2) is 44.7 Å². The highest BCUT2D eigenvalue weighted by atomic mass is 16.6. The van der Waals surface area contributed by atoms with Gasteiger partial charge >= 0.3 is 5.97 Å². The minimum absolute atomic E-state index is 0.0443. The van der Waals surface area contributed by atoms with E-state index >= 15 is 0 Å². The van der Waals surface area contributed by atoms with Gasteiger partial charge in [0.05, 0.1) is 17.6 Å². The van der Waals surface area contributed by atoms with Gasteiger partial charge in [-0.3, -0.25) is 4.79 Å². The molecule has 5 nitrogen and oxygen atoms in total. The van der Waals surface area contributed by atoms with Crippen molar-refractivity contribution in [1.29, 1.82) is 0 Å². The SMILES string of the molecule is CC1(C)C2CC[C@]3(C)C(C[C@@H](O)C4=C5[C@]6(CC[C@](C)(OC6=O)[C@@]5(C)O)CC[C@]43C)[C@@]2(C)CC[C@@H]1O. The molecule has 2 heterocycles. The zero-order valence-electron chi connectivity index (χ0n) is 22.8. The normalized spacial score (nSPS) is 58.6. The molecule has 2 bridgehead atoms. The van der Waals surface area contributed by atoms with E-state index in [-0.39, 0.29) is 33.7 Å². The Morgan fingerprint density at radius 1 is 0.829 bits per heavy atom. The van der Waals surface area contributed by atoms with Gasteiger partial charge in [-0.2, -0.15) is 0 Å². The summed E-state index contributed by atoms with van der Waals surface area (Å²) in [7, 11) is 0. The van der Waals surface area contributed by atoms with E-state index in [0.717, 1.165) is 43.3 Å². The van der Waals surface area contributed by atoms with E-state index in [1.165, 1.54) is 0 Å². The summed E-state index contributed by atoms with van der Waals surface area (Å²) >= 11 is 0. The van der Waals surface area contributed by atoms with E-state index in [2.05, 4.69) is 34.6 Å². The van der Waals surface area contributed by atoms with Crippen molar-refractivity contribution < 1.29 is 24.9 Å². The van der Waals surface area contributed by atoms with Crippen molar-refractivity contribution in [2.45, 2.75) is 130 Å². The molecule has 0 radical (unpaired) electrons. The van der Waals surface area contributed by atoms with Crippen LogP contribution >= 0.6 is 0 Å². The highest BCUT2D eigenvalue weighted by molar-refractivity contribution is 5.86. The molecule has 2 unspecified atom stereocenters. The number of hydrogen-bond donors (Lipinski definition) is 3. The Bertz CT molecular complexity index is 1030. The van der Waals surface area contributed by atoms with Crippen molar-refractivity contribution in [2.24, 2.45) is 38.9 Å². The molecule has 2 aliphatic heterocycles. The second-order valence-corrected chi connectivity index (χ2v) is 15.1. The third-order valence-electron chi connectivity index (χ3n) is 13.7. The van der Waals surface area contributed by atoms with Crippen molar-refractivity contribution in [3.8, 4) is 0 Å². The van der Waals surface area contributed by atoms with Crippen LogP contribution in [0.15, 0.2) is 11.1 Å². The molecule has 1 spiro atoms. The van der Waals surface area contributed by atoms with Gasteiger partial charge in [-0.15, -0.1) is 0 Å². The van der Waals surface area contributed by atoms with Gasteiger partial charge in [0, 0.05) is 0 Å². The lowest BCUT2D eigenvalue weighted by molar-refractivity contribution is -0.245. The fourth-order valence-electron chi connectivity index (χ4n) is 11.2.